The van der Waals surface area contributed by atoms with Gasteiger partial charge in [-0.1, -0.05) is 6.42 Å². The zero-order valence-electron chi connectivity index (χ0n) is 17.2. The van der Waals surface area contributed by atoms with E-state index >= 15 is 0 Å². The van der Waals surface area contributed by atoms with E-state index in [0.717, 1.165) is 35.6 Å². The molecule has 2 aliphatic rings. The number of benzene rings is 1. The highest BCUT2D eigenvalue weighted by Gasteiger charge is 2.35. The van der Waals surface area contributed by atoms with Crippen LogP contribution < -0.4 is 9.64 Å². The van der Waals surface area contributed by atoms with Crippen LogP contribution in [0.15, 0.2) is 42.5 Å². The molecule has 0 radical (unpaired) electrons. The van der Waals surface area contributed by atoms with Crippen LogP contribution in [0, 0.1) is 0 Å². The number of fused-ring (bicyclic) bond motifs is 3. The largest absolute Gasteiger partial charge is 0.497 e. The van der Waals surface area contributed by atoms with Crippen molar-refractivity contribution in [1.82, 2.24) is 9.88 Å². The topological polar surface area (TPSA) is 103 Å². The molecule has 4 rings (SSSR count). The van der Waals surface area contributed by atoms with Crippen molar-refractivity contribution in [3.8, 4) is 5.75 Å². The SMILES string of the molecule is COc1ccc2nc(N3CC4CCCC(C3)N4C)ccc2c1.O=C(O)/C=C/C(=O)O. The Morgan fingerprint density at radius 2 is 1.70 bits per heavy atom. The minimum Gasteiger partial charge on any atom is -0.497 e. The number of anilines is 1. The van der Waals surface area contributed by atoms with Crippen molar-refractivity contribution < 1.29 is 24.5 Å². The zero-order valence-corrected chi connectivity index (χ0v) is 17.2. The van der Waals surface area contributed by atoms with Crippen molar-refractivity contribution in [3.05, 3.63) is 42.5 Å². The van der Waals surface area contributed by atoms with Crippen LogP contribution in [0.5, 0.6) is 5.75 Å². The lowest BCUT2D eigenvalue weighted by molar-refractivity contribution is -0.134. The van der Waals surface area contributed by atoms with Gasteiger partial charge in [0.2, 0.25) is 0 Å². The first-order valence-electron chi connectivity index (χ1n) is 9.93. The highest BCUT2D eigenvalue weighted by Crippen LogP contribution is 2.30. The molecule has 1 aromatic heterocycles. The molecule has 160 valence electrons. The third kappa shape index (κ3) is 5.27. The number of carboxylic acids is 2. The van der Waals surface area contributed by atoms with Crippen LogP contribution in [0.4, 0.5) is 5.82 Å². The van der Waals surface area contributed by atoms with Crippen molar-refractivity contribution in [2.45, 2.75) is 31.3 Å². The first-order chi connectivity index (χ1) is 14.4. The van der Waals surface area contributed by atoms with Gasteiger partial charge in [-0.2, -0.15) is 0 Å². The van der Waals surface area contributed by atoms with Crippen molar-refractivity contribution in [2.75, 3.05) is 32.1 Å². The molecule has 30 heavy (non-hydrogen) atoms. The number of pyridine rings is 1. The van der Waals surface area contributed by atoms with Gasteiger partial charge in [0.15, 0.2) is 0 Å². The second kappa shape index (κ2) is 9.58. The number of rotatable bonds is 4. The fourth-order valence-electron chi connectivity index (χ4n) is 4.04. The van der Waals surface area contributed by atoms with E-state index in [1.807, 2.05) is 12.1 Å². The van der Waals surface area contributed by atoms with Gasteiger partial charge >= 0.3 is 11.9 Å². The third-order valence-corrected chi connectivity index (χ3v) is 5.66. The van der Waals surface area contributed by atoms with Crippen LogP contribution in [0.2, 0.25) is 0 Å². The predicted octanol–water partition coefficient (Wildman–Crippen LogP) is 2.63. The molecule has 2 aromatic rings. The molecule has 0 saturated carbocycles. The van der Waals surface area contributed by atoms with E-state index < -0.39 is 11.9 Å². The van der Waals surface area contributed by atoms with Crippen LogP contribution in [0.3, 0.4) is 0 Å². The Hall–Kier alpha value is -3.13. The summed E-state index contributed by atoms with van der Waals surface area (Å²) in [6.45, 7) is 2.20. The van der Waals surface area contributed by atoms with Gasteiger partial charge in [0.25, 0.3) is 0 Å². The van der Waals surface area contributed by atoms with E-state index in [2.05, 4.69) is 35.0 Å². The minimum absolute atomic E-state index is 0.558. The summed E-state index contributed by atoms with van der Waals surface area (Å²) in [5.74, 6) is -0.515. The lowest BCUT2D eigenvalue weighted by Crippen LogP contribution is -2.59. The van der Waals surface area contributed by atoms with Gasteiger partial charge in [0, 0.05) is 42.7 Å². The number of ether oxygens (including phenoxy) is 1. The highest BCUT2D eigenvalue weighted by molar-refractivity contribution is 5.89. The summed E-state index contributed by atoms with van der Waals surface area (Å²) in [6.07, 6.45) is 5.12. The lowest BCUT2D eigenvalue weighted by atomic mass is 9.92. The molecule has 0 aliphatic carbocycles. The number of carbonyl (C=O) groups is 2. The van der Waals surface area contributed by atoms with Crippen molar-refractivity contribution in [1.29, 1.82) is 0 Å². The molecule has 2 fully saturated rings. The van der Waals surface area contributed by atoms with Gasteiger partial charge < -0.3 is 19.8 Å². The maximum absolute atomic E-state index is 9.55. The number of piperazine rings is 1. The van der Waals surface area contributed by atoms with E-state index in [1.54, 1.807) is 7.11 Å². The Labute approximate surface area is 175 Å². The molecule has 2 bridgehead atoms. The first-order valence-corrected chi connectivity index (χ1v) is 9.93. The Bertz CT molecular complexity index is 916. The summed E-state index contributed by atoms with van der Waals surface area (Å²) in [5, 5.41) is 16.8. The van der Waals surface area contributed by atoms with Crippen LogP contribution >= 0.6 is 0 Å². The lowest BCUT2D eigenvalue weighted by Gasteiger charge is -2.48. The Morgan fingerprint density at radius 1 is 1.07 bits per heavy atom. The van der Waals surface area contributed by atoms with Crippen molar-refractivity contribution in [3.63, 3.8) is 0 Å². The first kappa shape index (κ1) is 21.6. The molecule has 1 aromatic carbocycles. The van der Waals surface area contributed by atoms with Crippen LogP contribution in [-0.2, 0) is 9.59 Å². The second-order valence-electron chi connectivity index (χ2n) is 7.55. The maximum Gasteiger partial charge on any atom is 0.328 e. The summed E-state index contributed by atoms with van der Waals surface area (Å²) in [5.41, 5.74) is 1.04. The third-order valence-electron chi connectivity index (χ3n) is 5.66. The molecule has 2 unspecified atom stereocenters. The molecule has 2 atom stereocenters. The summed E-state index contributed by atoms with van der Waals surface area (Å²) in [7, 11) is 3.98. The number of piperidine rings is 1. The molecule has 8 heteroatoms. The van der Waals surface area contributed by atoms with Gasteiger partial charge in [-0.05, 0) is 50.2 Å². The molecule has 8 nitrogen and oxygen atoms in total. The van der Waals surface area contributed by atoms with E-state index in [4.69, 9.17) is 19.9 Å². The van der Waals surface area contributed by atoms with Gasteiger partial charge in [0.05, 0.1) is 12.6 Å². The summed E-state index contributed by atoms with van der Waals surface area (Å²) >= 11 is 0. The monoisotopic (exact) mass is 413 g/mol. The van der Waals surface area contributed by atoms with E-state index in [0.29, 0.717) is 24.2 Å². The van der Waals surface area contributed by atoms with Crippen molar-refractivity contribution in [2.24, 2.45) is 0 Å². The van der Waals surface area contributed by atoms with Gasteiger partial charge in [-0.25, -0.2) is 14.6 Å². The quantitative estimate of drug-likeness (QED) is 0.738. The van der Waals surface area contributed by atoms with E-state index in [-0.39, 0.29) is 0 Å². The standard InChI is InChI=1S/C18H23N3O.C4H4O4/c1-20-14-4-3-5-15(20)12-21(11-14)18-9-6-13-10-16(22-2)7-8-17(13)19-18;5-3(6)1-2-4(7)8/h6-10,14-15H,3-5,11-12H2,1-2H3;1-2H,(H,5,6)(H,7,8)/b;2-1+. The number of carboxylic acid groups (broad SMARTS) is 2. The number of methoxy groups -OCH3 is 1. The van der Waals surface area contributed by atoms with E-state index in [9.17, 15) is 9.59 Å². The van der Waals surface area contributed by atoms with Gasteiger partial charge in [-0.3, -0.25) is 4.90 Å². The average molecular weight is 413 g/mol. The number of nitrogens with zero attached hydrogens (tertiary/aromatic N) is 3. The summed E-state index contributed by atoms with van der Waals surface area (Å²) in [4.78, 5) is 29.0. The average Bonchev–Trinajstić information content (AvgIpc) is 2.72. The maximum atomic E-state index is 9.55. The Morgan fingerprint density at radius 3 is 2.27 bits per heavy atom. The fraction of sp³-hybridized carbons (Fsp3) is 0.409. The molecular weight excluding hydrogens is 386 g/mol. The van der Waals surface area contributed by atoms with Crippen LogP contribution in [0.25, 0.3) is 10.9 Å². The highest BCUT2D eigenvalue weighted by atomic mass is 16.5. The Balaban J connectivity index is 0.000000275. The molecule has 0 spiro atoms. The number of aliphatic carboxylic acids is 2. The van der Waals surface area contributed by atoms with Crippen LogP contribution in [-0.4, -0.2) is 71.4 Å². The predicted molar refractivity (Wildman–Crippen MR) is 114 cm³/mol. The summed E-state index contributed by atoms with van der Waals surface area (Å²) < 4.78 is 5.29. The second-order valence-corrected chi connectivity index (χ2v) is 7.55. The molecule has 0 amide bonds. The number of aromatic nitrogens is 1. The fourth-order valence-corrected chi connectivity index (χ4v) is 4.04. The normalized spacial score (nSPS) is 21.2. The van der Waals surface area contributed by atoms with Gasteiger partial charge in [-0.15, -0.1) is 0 Å². The van der Waals surface area contributed by atoms with Crippen LogP contribution in [0.1, 0.15) is 19.3 Å². The van der Waals surface area contributed by atoms with Crippen molar-refractivity contribution >= 4 is 28.7 Å². The van der Waals surface area contributed by atoms with Gasteiger partial charge in [0.1, 0.15) is 11.6 Å². The van der Waals surface area contributed by atoms with E-state index in [1.165, 1.54) is 19.3 Å². The zero-order chi connectivity index (χ0) is 21.7. The molecule has 2 N–H and O–H groups in total. The Kier molecular flexibility index (Phi) is 6.89. The smallest absolute Gasteiger partial charge is 0.328 e. The number of hydrogen-bond donors (Lipinski definition) is 2. The number of likely N-dealkylation sites (N-methyl/N-ethyl adjacent to an activating group) is 1. The number of hydrogen-bond acceptors (Lipinski definition) is 6. The molecule has 2 saturated heterocycles. The molecule has 3 heterocycles. The summed E-state index contributed by atoms with van der Waals surface area (Å²) in [6, 6.07) is 11.8. The molecular formula is C22H27N3O5. The minimum atomic E-state index is -1.26. The molecule has 2 aliphatic heterocycles.